The summed E-state index contributed by atoms with van der Waals surface area (Å²) in [5, 5.41) is 4.05. The largest absolute Gasteiger partial charge is 0.350 e. The number of nitrogens with two attached hydrogens (primary N) is 1. The number of hydroxylamine groups is 2. The van der Waals surface area contributed by atoms with E-state index in [1.165, 1.54) is 5.06 Å². The van der Waals surface area contributed by atoms with Gasteiger partial charge in [0, 0.05) is 19.6 Å². The number of amides is 3. The number of carbonyl (C=O) groups excluding carboxylic acids is 2. The Hall–Kier alpha value is -1.18. The second-order valence-electron chi connectivity index (χ2n) is 3.10. The van der Waals surface area contributed by atoms with E-state index in [4.69, 9.17) is 10.6 Å². The van der Waals surface area contributed by atoms with Crippen molar-refractivity contribution in [2.45, 2.75) is 6.23 Å². The van der Waals surface area contributed by atoms with Gasteiger partial charge in [0.25, 0.3) is 5.91 Å². The number of rotatable bonds is 2. The third-order valence-corrected chi connectivity index (χ3v) is 2.16. The second kappa shape index (κ2) is 3.52. The molecular formula is C7H12N4O3. The molecule has 2 rings (SSSR count). The third kappa shape index (κ3) is 1.35. The average molecular weight is 200 g/mol. The molecule has 2 bridgehead atoms. The molecule has 7 heteroatoms. The van der Waals surface area contributed by atoms with Crippen LogP contribution in [0.2, 0.25) is 0 Å². The molecule has 2 heterocycles. The maximum Gasteiger partial charge on any atom is 0.350 e. The van der Waals surface area contributed by atoms with Crippen LogP contribution in [0.25, 0.3) is 0 Å². The van der Waals surface area contributed by atoms with Crippen molar-refractivity contribution in [1.82, 2.24) is 15.3 Å². The highest BCUT2D eigenvalue weighted by molar-refractivity contribution is 5.98. The Labute approximate surface area is 80.7 Å². The van der Waals surface area contributed by atoms with Gasteiger partial charge in [0.05, 0.1) is 6.54 Å². The van der Waals surface area contributed by atoms with Crippen molar-refractivity contribution in [3.05, 3.63) is 0 Å². The Bertz CT molecular complexity index is 248. The van der Waals surface area contributed by atoms with Crippen LogP contribution < -0.4 is 11.1 Å². The Morgan fingerprint density at radius 1 is 1.57 bits per heavy atom. The van der Waals surface area contributed by atoms with E-state index >= 15 is 0 Å². The zero-order valence-corrected chi connectivity index (χ0v) is 7.60. The van der Waals surface area contributed by atoms with Crippen LogP contribution in [-0.4, -0.2) is 54.3 Å². The minimum atomic E-state index is -0.729. The van der Waals surface area contributed by atoms with Gasteiger partial charge in [0.1, 0.15) is 0 Å². The molecule has 2 saturated heterocycles. The summed E-state index contributed by atoms with van der Waals surface area (Å²) >= 11 is 0. The molecule has 7 nitrogen and oxygen atoms in total. The number of fused-ring (bicyclic) bond motifs is 2. The zero-order valence-electron chi connectivity index (χ0n) is 7.60. The lowest BCUT2D eigenvalue weighted by Crippen LogP contribution is -2.66. The van der Waals surface area contributed by atoms with E-state index in [2.05, 4.69) is 5.32 Å². The molecular weight excluding hydrogens is 188 g/mol. The second-order valence-corrected chi connectivity index (χ2v) is 3.10. The van der Waals surface area contributed by atoms with Crippen molar-refractivity contribution in [2.75, 3.05) is 26.2 Å². The van der Waals surface area contributed by atoms with E-state index in [0.29, 0.717) is 13.1 Å². The van der Waals surface area contributed by atoms with E-state index in [9.17, 15) is 9.59 Å². The van der Waals surface area contributed by atoms with E-state index in [0.717, 1.165) is 4.90 Å². The van der Waals surface area contributed by atoms with Crippen molar-refractivity contribution >= 4 is 11.9 Å². The number of imide groups is 1. The van der Waals surface area contributed by atoms with Gasteiger partial charge in [-0.3, -0.25) is 15.0 Å². The van der Waals surface area contributed by atoms with Crippen molar-refractivity contribution < 1.29 is 14.4 Å². The number of hydrogen-bond donors (Lipinski definition) is 2. The van der Waals surface area contributed by atoms with Crippen molar-refractivity contribution in [3.63, 3.8) is 0 Å². The van der Waals surface area contributed by atoms with Gasteiger partial charge in [-0.15, -0.1) is 0 Å². The summed E-state index contributed by atoms with van der Waals surface area (Å²) in [6.45, 7) is 1.51. The van der Waals surface area contributed by atoms with Gasteiger partial charge in [-0.1, -0.05) is 0 Å². The molecule has 0 radical (unpaired) electrons. The van der Waals surface area contributed by atoms with Crippen LogP contribution in [0.15, 0.2) is 0 Å². The van der Waals surface area contributed by atoms with Crippen LogP contribution in [0.5, 0.6) is 0 Å². The Morgan fingerprint density at radius 2 is 2.36 bits per heavy atom. The van der Waals surface area contributed by atoms with Gasteiger partial charge < -0.3 is 5.73 Å². The number of nitrogens with zero attached hydrogens (tertiary/aromatic N) is 2. The molecule has 0 aromatic rings. The molecule has 0 spiro atoms. The first-order valence-corrected chi connectivity index (χ1v) is 4.47. The first-order chi connectivity index (χ1) is 6.74. The Morgan fingerprint density at radius 3 is 3.07 bits per heavy atom. The molecule has 0 aliphatic carbocycles. The van der Waals surface area contributed by atoms with Crippen LogP contribution in [-0.2, 0) is 9.63 Å². The fourth-order valence-electron chi connectivity index (χ4n) is 1.49. The highest BCUT2D eigenvalue weighted by atomic mass is 16.7. The van der Waals surface area contributed by atoms with Crippen LogP contribution in [0.1, 0.15) is 0 Å². The fraction of sp³-hybridized carbons (Fsp3) is 0.714. The van der Waals surface area contributed by atoms with Crippen LogP contribution in [0.3, 0.4) is 0 Å². The standard InChI is InChI=1S/C7H12N4O3/c8-1-3-10-6(12)5-9-2-4-11(14-5)7(10)13/h5,9H,1-4,8H2. The predicted octanol–water partition coefficient (Wildman–Crippen LogP) is -1.93. The average Bonchev–Trinajstić information content (AvgIpc) is 2.23. The molecule has 3 N–H and O–H groups in total. The molecule has 14 heavy (non-hydrogen) atoms. The lowest BCUT2D eigenvalue weighted by molar-refractivity contribution is -0.222. The van der Waals surface area contributed by atoms with Gasteiger partial charge in [0.15, 0.2) is 0 Å². The first kappa shape index (κ1) is 9.38. The van der Waals surface area contributed by atoms with Gasteiger partial charge >= 0.3 is 6.03 Å². The zero-order chi connectivity index (χ0) is 10.1. The number of carbonyl (C=O) groups is 2. The fourth-order valence-corrected chi connectivity index (χ4v) is 1.49. The van der Waals surface area contributed by atoms with Gasteiger partial charge in [-0.05, 0) is 0 Å². The topological polar surface area (TPSA) is 87.9 Å². The minimum Gasteiger partial charge on any atom is -0.329 e. The van der Waals surface area contributed by atoms with E-state index in [-0.39, 0.29) is 19.0 Å². The quantitative estimate of drug-likeness (QED) is 0.542. The van der Waals surface area contributed by atoms with Gasteiger partial charge in [-0.2, -0.15) is 5.06 Å². The van der Waals surface area contributed by atoms with Crippen molar-refractivity contribution in [2.24, 2.45) is 5.73 Å². The van der Waals surface area contributed by atoms with Gasteiger partial charge in [-0.25, -0.2) is 9.63 Å². The molecule has 1 unspecified atom stereocenters. The normalized spacial score (nSPS) is 27.1. The smallest absolute Gasteiger partial charge is 0.329 e. The Kier molecular flexibility index (Phi) is 2.36. The van der Waals surface area contributed by atoms with E-state index < -0.39 is 12.3 Å². The number of nitrogens with one attached hydrogen (secondary N) is 1. The van der Waals surface area contributed by atoms with Crippen LogP contribution in [0, 0.1) is 0 Å². The summed E-state index contributed by atoms with van der Waals surface area (Å²) in [6.07, 6.45) is -0.729. The molecule has 2 aliphatic heterocycles. The molecule has 0 aromatic heterocycles. The summed E-state index contributed by atoms with van der Waals surface area (Å²) < 4.78 is 0. The molecule has 0 saturated carbocycles. The van der Waals surface area contributed by atoms with Gasteiger partial charge in [0.2, 0.25) is 6.23 Å². The molecule has 3 amide bonds. The highest BCUT2D eigenvalue weighted by Gasteiger charge is 2.42. The maximum absolute atomic E-state index is 11.6. The monoisotopic (exact) mass is 200 g/mol. The third-order valence-electron chi connectivity index (χ3n) is 2.16. The molecule has 2 fully saturated rings. The summed E-state index contributed by atoms with van der Waals surface area (Å²) in [6, 6.07) is -0.418. The maximum atomic E-state index is 11.6. The minimum absolute atomic E-state index is 0.232. The van der Waals surface area contributed by atoms with E-state index in [1.54, 1.807) is 0 Å². The molecule has 0 aromatic carbocycles. The van der Waals surface area contributed by atoms with Crippen LogP contribution in [0.4, 0.5) is 4.79 Å². The first-order valence-electron chi connectivity index (χ1n) is 4.47. The lowest BCUT2D eigenvalue weighted by atomic mass is 10.3. The molecule has 2 aliphatic rings. The summed E-state index contributed by atoms with van der Waals surface area (Å²) in [5.74, 6) is -0.364. The Balaban J connectivity index is 2.16. The number of urea groups is 1. The number of hydrogen-bond acceptors (Lipinski definition) is 5. The molecule has 78 valence electrons. The molecule has 1 atom stereocenters. The summed E-state index contributed by atoms with van der Waals surface area (Å²) in [4.78, 5) is 29.3. The summed E-state index contributed by atoms with van der Waals surface area (Å²) in [7, 11) is 0. The highest BCUT2D eigenvalue weighted by Crippen LogP contribution is 2.14. The SMILES string of the molecule is NCCN1C(=O)C2NCCN(O2)C1=O. The summed E-state index contributed by atoms with van der Waals surface area (Å²) in [5.41, 5.74) is 5.31. The van der Waals surface area contributed by atoms with E-state index in [1.807, 2.05) is 0 Å². The van der Waals surface area contributed by atoms with Crippen molar-refractivity contribution in [1.29, 1.82) is 0 Å². The predicted molar refractivity (Wildman–Crippen MR) is 45.7 cm³/mol. The van der Waals surface area contributed by atoms with Crippen molar-refractivity contribution in [3.8, 4) is 0 Å². The van der Waals surface area contributed by atoms with Crippen LogP contribution >= 0.6 is 0 Å². The lowest BCUT2D eigenvalue weighted by Gasteiger charge is -2.40.